The van der Waals surface area contributed by atoms with Crippen molar-refractivity contribution in [1.82, 2.24) is 10.2 Å². The van der Waals surface area contributed by atoms with Crippen molar-refractivity contribution < 1.29 is 9.47 Å². The lowest BCUT2D eigenvalue weighted by molar-refractivity contribution is 0.392. The van der Waals surface area contributed by atoms with Crippen molar-refractivity contribution in [2.24, 2.45) is 0 Å². The van der Waals surface area contributed by atoms with Gasteiger partial charge in [-0.3, -0.25) is 5.10 Å². The third-order valence-corrected chi connectivity index (χ3v) is 4.36. The standard InChI is InChI=1S/C15H17ClN2O2/c1-19-11-6-12(15(16)14(7-11)20-2)9-3-4-10-8-17-18-13(10)5-9/h6-9H,3-5H2,1-2H3,(H,17,18). The van der Waals surface area contributed by atoms with E-state index in [1.165, 1.54) is 11.3 Å². The van der Waals surface area contributed by atoms with Crippen molar-refractivity contribution in [3.63, 3.8) is 0 Å². The molecule has 5 heteroatoms. The van der Waals surface area contributed by atoms with E-state index in [1.807, 2.05) is 18.3 Å². The molecule has 1 heterocycles. The van der Waals surface area contributed by atoms with Crippen LogP contribution in [0.25, 0.3) is 0 Å². The number of nitrogens with one attached hydrogen (secondary N) is 1. The molecule has 0 saturated heterocycles. The highest BCUT2D eigenvalue weighted by Crippen LogP contribution is 2.41. The molecule has 0 spiro atoms. The first-order valence-electron chi connectivity index (χ1n) is 6.65. The van der Waals surface area contributed by atoms with Crippen molar-refractivity contribution in [2.75, 3.05) is 14.2 Å². The molecule has 1 N–H and O–H groups in total. The largest absolute Gasteiger partial charge is 0.497 e. The highest BCUT2D eigenvalue weighted by atomic mass is 35.5. The number of halogens is 1. The molecule has 3 rings (SSSR count). The van der Waals surface area contributed by atoms with Gasteiger partial charge in [0, 0.05) is 11.8 Å². The molecule has 1 aliphatic rings. The summed E-state index contributed by atoms with van der Waals surface area (Å²) in [5.74, 6) is 1.80. The maximum Gasteiger partial charge on any atom is 0.141 e. The Bertz CT molecular complexity index is 624. The fourth-order valence-corrected chi connectivity index (χ4v) is 3.17. The van der Waals surface area contributed by atoms with Crippen LogP contribution in [-0.4, -0.2) is 24.4 Å². The number of fused-ring (bicyclic) bond motifs is 1. The smallest absolute Gasteiger partial charge is 0.141 e. The topological polar surface area (TPSA) is 47.1 Å². The lowest BCUT2D eigenvalue weighted by Gasteiger charge is -2.24. The minimum Gasteiger partial charge on any atom is -0.497 e. The number of aryl methyl sites for hydroxylation is 1. The highest BCUT2D eigenvalue weighted by molar-refractivity contribution is 6.33. The first-order chi connectivity index (χ1) is 9.72. The molecule has 0 aliphatic heterocycles. The van der Waals surface area contributed by atoms with Gasteiger partial charge in [-0.25, -0.2) is 0 Å². The molecule has 20 heavy (non-hydrogen) atoms. The van der Waals surface area contributed by atoms with E-state index >= 15 is 0 Å². The molecular weight excluding hydrogens is 276 g/mol. The van der Waals surface area contributed by atoms with Gasteiger partial charge in [0.1, 0.15) is 11.5 Å². The lowest BCUT2D eigenvalue weighted by Crippen LogP contribution is -2.13. The maximum absolute atomic E-state index is 6.47. The van der Waals surface area contributed by atoms with E-state index < -0.39 is 0 Å². The highest BCUT2D eigenvalue weighted by Gasteiger charge is 2.25. The van der Waals surface area contributed by atoms with Gasteiger partial charge in [0.25, 0.3) is 0 Å². The summed E-state index contributed by atoms with van der Waals surface area (Å²) in [7, 11) is 3.28. The molecule has 1 atom stereocenters. The second-order valence-corrected chi connectivity index (χ2v) is 5.42. The van der Waals surface area contributed by atoms with E-state index in [-0.39, 0.29) is 0 Å². The summed E-state index contributed by atoms with van der Waals surface area (Å²) in [4.78, 5) is 0. The normalized spacial score (nSPS) is 17.6. The molecule has 0 bridgehead atoms. The van der Waals surface area contributed by atoms with Crippen LogP contribution in [0, 0.1) is 0 Å². The Kier molecular flexibility index (Phi) is 3.57. The van der Waals surface area contributed by atoms with Crippen molar-refractivity contribution in [3.8, 4) is 11.5 Å². The Morgan fingerprint density at radius 3 is 2.90 bits per heavy atom. The van der Waals surface area contributed by atoms with Gasteiger partial charge in [0.15, 0.2) is 0 Å². The van der Waals surface area contributed by atoms with Crippen LogP contribution in [0.5, 0.6) is 11.5 Å². The third-order valence-electron chi connectivity index (χ3n) is 3.96. The summed E-state index contributed by atoms with van der Waals surface area (Å²) >= 11 is 6.47. The van der Waals surface area contributed by atoms with Crippen LogP contribution in [0.2, 0.25) is 5.02 Å². The molecule has 0 fully saturated rings. The summed E-state index contributed by atoms with van der Waals surface area (Å²) in [5.41, 5.74) is 3.61. The SMILES string of the molecule is COc1cc(OC)c(Cl)c(C2CCc3cn[nH]c3C2)c1. The number of ether oxygens (including phenoxy) is 2. The molecular formula is C15H17ClN2O2. The zero-order chi connectivity index (χ0) is 14.1. The molecule has 0 amide bonds. The number of benzene rings is 1. The zero-order valence-corrected chi connectivity index (χ0v) is 12.3. The number of nitrogens with zero attached hydrogens (tertiary/aromatic N) is 1. The van der Waals surface area contributed by atoms with Crippen LogP contribution >= 0.6 is 11.6 Å². The van der Waals surface area contributed by atoms with E-state index in [1.54, 1.807) is 14.2 Å². The predicted octanol–water partition coefficient (Wildman–Crippen LogP) is 3.35. The summed E-state index contributed by atoms with van der Waals surface area (Å²) in [6, 6.07) is 3.83. The number of methoxy groups -OCH3 is 2. The first kappa shape index (κ1) is 13.3. The van der Waals surface area contributed by atoms with Crippen LogP contribution in [0.3, 0.4) is 0 Å². The van der Waals surface area contributed by atoms with Gasteiger partial charge in [-0.05, 0) is 42.4 Å². The first-order valence-corrected chi connectivity index (χ1v) is 7.03. The summed E-state index contributed by atoms with van der Waals surface area (Å²) in [6.45, 7) is 0. The van der Waals surface area contributed by atoms with E-state index in [0.29, 0.717) is 16.7 Å². The Morgan fingerprint density at radius 2 is 2.15 bits per heavy atom. The van der Waals surface area contributed by atoms with Gasteiger partial charge in [-0.1, -0.05) is 11.6 Å². The van der Waals surface area contributed by atoms with E-state index in [9.17, 15) is 0 Å². The monoisotopic (exact) mass is 292 g/mol. The van der Waals surface area contributed by atoms with Gasteiger partial charge >= 0.3 is 0 Å². The second-order valence-electron chi connectivity index (χ2n) is 5.05. The summed E-state index contributed by atoms with van der Waals surface area (Å²) in [5, 5.41) is 7.87. The number of H-pyrrole nitrogens is 1. The van der Waals surface area contributed by atoms with Gasteiger partial charge < -0.3 is 9.47 Å². The lowest BCUT2D eigenvalue weighted by atomic mass is 9.83. The van der Waals surface area contributed by atoms with Gasteiger partial charge in [-0.15, -0.1) is 0 Å². The molecule has 106 valence electrons. The molecule has 0 saturated carbocycles. The second kappa shape index (κ2) is 5.37. The Hall–Kier alpha value is -1.68. The van der Waals surface area contributed by atoms with Gasteiger partial charge in [0.05, 0.1) is 25.4 Å². The fraction of sp³-hybridized carbons (Fsp3) is 0.400. The molecule has 4 nitrogen and oxygen atoms in total. The predicted molar refractivity (Wildman–Crippen MR) is 77.9 cm³/mol. The fourth-order valence-electron chi connectivity index (χ4n) is 2.83. The van der Waals surface area contributed by atoms with Crippen LogP contribution in [0.4, 0.5) is 0 Å². The number of hydrogen-bond donors (Lipinski definition) is 1. The van der Waals surface area contributed by atoms with E-state index in [4.69, 9.17) is 21.1 Å². The van der Waals surface area contributed by atoms with Crippen LogP contribution in [0.15, 0.2) is 18.3 Å². The van der Waals surface area contributed by atoms with Gasteiger partial charge in [0.2, 0.25) is 0 Å². The third kappa shape index (κ3) is 2.24. The Balaban J connectivity index is 1.98. The summed E-state index contributed by atoms with van der Waals surface area (Å²) in [6.07, 6.45) is 4.92. The van der Waals surface area contributed by atoms with Crippen molar-refractivity contribution >= 4 is 11.6 Å². The number of rotatable bonds is 3. The molecule has 1 aromatic heterocycles. The van der Waals surface area contributed by atoms with Crippen molar-refractivity contribution in [2.45, 2.75) is 25.2 Å². The minimum atomic E-state index is 0.361. The zero-order valence-electron chi connectivity index (χ0n) is 11.6. The van der Waals surface area contributed by atoms with Crippen LogP contribution in [0.1, 0.15) is 29.2 Å². The quantitative estimate of drug-likeness (QED) is 0.943. The minimum absolute atomic E-state index is 0.361. The molecule has 1 aromatic carbocycles. The average molecular weight is 293 g/mol. The number of aromatic amines is 1. The van der Waals surface area contributed by atoms with E-state index in [0.717, 1.165) is 30.6 Å². The van der Waals surface area contributed by atoms with Gasteiger partial charge in [-0.2, -0.15) is 5.10 Å². The molecule has 1 unspecified atom stereocenters. The summed E-state index contributed by atoms with van der Waals surface area (Å²) < 4.78 is 10.7. The molecule has 1 aliphatic carbocycles. The molecule has 2 aromatic rings. The van der Waals surface area contributed by atoms with E-state index in [2.05, 4.69) is 10.2 Å². The number of aromatic nitrogens is 2. The Morgan fingerprint density at radius 1 is 1.30 bits per heavy atom. The number of hydrogen-bond acceptors (Lipinski definition) is 3. The Labute approximate surface area is 123 Å². The molecule has 0 radical (unpaired) electrons. The van der Waals surface area contributed by atoms with Crippen molar-refractivity contribution in [3.05, 3.63) is 40.2 Å². The van der Waals surface area contributed by atoms with Crippen LogP contribution in [-0.2, 0) is 12.8 Å². The van der Waals surface area contributed by atoms with Crippen molar-refractivity contribution in [1.29, 1.82) is 0 Å². The average Bonchev–Trinajstić information content (AvgIpc) is 2.95. The van der Waals surface area contributed by atoms with Crippen LogP contribution < -0.4 is 9.47 Å². The maximum atomic E-state index is 6.47.